The second-order valence-corrected chi connectivity index (χ2v) is 13.8. The molecule has 0 spiro atoms. The standard InChI is InChI=1S/C43H38ClN5O2.C2H6/c1-26-14-21-38-34(24-26)33(27(2)49(38)43(51)28-15-17-29(44)18-16-28)25-39(50)46-23-8-4-3-7-22-45-35-20-19-32-40-30(35)10-9-11-31(40)41-42(32)48-37-13-6-5-12-36(37)47-41;1-2/h5-6,9-21,24,48H,3-4,7-8,22-23,25H2,1-2H3,(H,46,50);1-2H3. The van der Waals surface area contributed by atoms with Crippen molar-refractivity contribution in [2.24, 2.45) is 4.99 Å². The van der Waals surface area contributed by atoms with Gasteiger partial charge in [-0.3, -0.25) is 19.1 Å². The highest BCUT2D eigenvalue weighted by atomic mass is 35.5. The molecule has 0 aliphatic heterocycles. The van der Waals surface area contributed by atoms with E-state index in [1.54, 1.807) is 28.8 Å². The van der Waals surface area contributed by atoms with Crippen molar-refractivity contribution in [2.45, 2.75) is 59.8 Å². The van der Waals surface area contributed by atoms with E-state index in [4.69, 9.17) is 21.6 Å². The van der Waals surface area contributed by atoms with Crippen LogP contribution in [0.25, 0.3) is 54.5 Å². The Morgan fingerprint density at radius 1 is 0.811 bits per heavy atom. The predicted octanol–water partition coefficient (Wildman–Crippen LogP) is 10.2. The summed E-state index contributed by atoms with van der Waals surface area (Å²) in [5, 5.41) is 10.3. The van der Waals surface area contributed by atoms with Crippen LogP contribution in [0.1, 0.15) is 66.7 Å². The van der Waals surface area contributed by atoms with Crippen molar-refractivity contribution in [3.05, 3.63) is 130 Å². The third-order valence-corrected chi connectivity index (χ3v) is 10.2. The van der Waals surface area contributed by atoms with Crippen LogP contribution in [0.15, 0.2) is 102 Å². The maximum Gasteiger partial charge on any atom is 0.262 e. The first kappa shape index (κ1) is 35.9. The fraction of sp³-hybridized carbons (Fsp3) is 0.244. The summed E-state index contributed by atoms with van der Waals surface area (Å²) in [4.78, 5) is 40.3. The Kier molecular flexibility index (Phi) is 10.6. The van der Waals surface area contributed by atoms with Gasteiger partial charge < -0.3 is 10.3 Å². The number of aryl methyl sites for hydroxylation is 1. The molecule has 0 radical (unpaired) electrons. The number of benzene rings is 5. The number of halogens is 1. The van der Waals surface area contributed by atoms with Crippen LogP contribution in [0, 0.1) is 13.8 Å². The lowest BCUT2D eigenvalue weighted by atomic mass is 10.1. The van der Waals surface area contributed by atoms with E-state index in [1.807, 2.05) is 58.0 Å². The number of rotatable bonds is 10. The molecular weight excluding hydrogens is 678 g/mol. The van der Waals surface area contributed by atoms with Crippen molar-refractivity contribution in [3.8, 4) is 0 Å². The number of fused-ring (bicyclic) bond motifs is 5. The number of carbonyl (C=O) groups is 2. The van der Waals surface area contributed by atoms with E-state index >= 15 is 0 Å². The molecule has 2 N–H and O–H groups in total. The maximum atomic E-state index is 13.6. The highest BCUT2D eigenvalue weighted by molar-refractivity contribution is 6.30. The lowest BCUT2D eigenvalue weighted by Gasteiger charge is -2.08. The van der Waals surface area contributed by atoms with E-state index in [9.17, 15) is 9.59 Å². The largest absolute Gasteiger partial charge is 0.356 e. The van der Waals surface area contributed by atoms with Gasteiger partial charge in [-0.25, -0.2) is 4.98 Å². The number of nitrogens with one attached hydrogen (secondary N) is 2. The third-order valence-electron chi connectivity index (χ3n) is 9.99. The minimum Gasteiger partial charge on any atom is -0.356 e. The molecule has 0 atom stereocenters. The Balaban J connectivity index is 0.00000214. The van der Waals surface area contributed by atoms with Crippen LogP contribution < -0.4 is 10.7 Å². The van der Waals surface area contributed by atoms with Crippen molar-refractivity contribution < 1.29 is 9.59 Å². The van der Waals surface area contributed by atoms with Crippen LogP contribution in [0.5, 0.6) is 0 Å². The van der Waals surface area contributed by atoms with E-state index in [-0.39, 0.29) is 18.2 Å². The first-order chi connectivity index (χ1) is 25.9. The molecule has 2 heterocycles. The van der Waals surface area contributed by atoms with E-state index in [2.05, 4.69) is 52.8 Å². The Morgan fingerprint density at radius 3 is 2.42 bits per heavy atom. The lowest BCUT2D eigenvalue weighted by molar-refractivity contribution is -0.120. The Morgan fingerprint density at radius 2 is 1.58 bits per heavy atom. The van der Waals surface area contributed by atoms with Crippen LogP contribution in [-0.4, -0.2) is 39.4 Å². The van der Waals surface area contributed by atoms with Crippen LogP contribution in [-0.2, 0) is 11.2 Å². The van der Waals surface area contributed by atoms with Crippen molar-refractivity contribution in [3.63, 3.8) is 0 Å². The van der Waals surface area contributed by atoms with Gasteiger partial charge in [-0.15, -0.1) is 0 Å². The fourth-order valence-electron chi connectivity index (χ4n) is 7.42. The van der Waals surface area contributed by atoms with Crippen LogP contribution in [0.3, 0.4) is 0 Å². The summed E-state index contributed by atoms with van der Waals surface area (Å²) in [5.74, 6) is -0.178. The van der Waals surface area contributed by atoms with Crippen molar-refractivity contribution in [2.75, 3.05) is 13.1 Å². The van der Waals surface area contributed by atoms with Crippen LogP contribution >= 0.6 is 11.6 Å². The second kappa shape index (κ2) is 15.6. The number of carbonyl (C=O) groups excluding carboxylic acids is 2. The first-order valence-electron chi connectivity index (χ1n) is 18.6. The van der Waals surface area contributed by atoms with E-state index in [0.29, 0.717) is 17.1 Å². The summed E-state index contributed by atoms with van der Waals surface area (Å²) >= 11 is 6.06. The number of nitrogens with zero attached hydrogens (tertiary/aromatic N) is 3. The molecule has 268 valence electrons. The van der Waals surface area contributed by atoms with Crippen LogP contribution in [0.2, 0.25) is 5.02 Å². The minimum absolute atomic E-state index is 0.0392. The quantitative estimate of drug-likeness (QED) is 0.138. The predicted molar refractivity (Wildman–Crippen MR) is 219 cm³/mol. The number of aromatic nitrogens is 3. The van der Waals surface area contributed by atoms with Gasteiger partial charge in [0.15, 0.2) is 0 Å². The van der Waals surface area contributed by atoms with Crippen LogP contribution in [0.4, 0.5) is 0 Å². The van der Waals surface area contributed by atoms with Gasteiger partial charge in [0.2, 0.25) is 5.91 Å². The molecule has 2 aromatic heterocycles. The summed E-state index contributed by atoms with van der Waals surface area (Å²) in [6.45, 7) is 9.31. The van der Waals surface area contributed by atoms with Crippen molar-refractivity contribution in [1.82, 2.24) is 19.9 Å². The highest BCUT2D eigenvalue weighted by Gasteiger charge is 2.22. The van der Waals surface area contributed by atoms with E-state index < -0.39 is 0 Å². The van der Waals surface area contributed by atoms with E-state index in [0.717, 1.165) is 98.1 Å². The molecule has 0 unspecified atom stereocenters. The first-order valence-corrected chi connectivity index (χ1v) is 19.0. The molecule has 53 heavy (non-hydrogen) atoms. The number of para-hydroxylation sites is 2. The number of hydrogen-bond acceptors (Lipinski definition) is 4. The molecule has 8 rings (SSSR count). The van der Waals surface area contributed by atoms with Crippen molar-refractivity contribution in [1.29, 1.82) is 0 Å². The smallest absolute Gasteiger partial charge is 0.262 e. The van der Waals surface area contributed by atoms with Gasteiger partial charge in [0, 0.05) is 56.3 Å². The van der Waals surface area contributed by atoms with Crippen molar-refractivity contribution >= 4 is 77.9 Å². The zero-order valence-electron chi connectivity index (χ0n) is 30.7. The number of H-pyrrole nitrogens is 1. The molecule has 0 saturated heterocycles. The topological polar surface area (TPSA) is 92.1 Å². The summed E-state index contributed by atoms with van der Waals surface area (Å²) in [6.07, 6.45) is 4.15. The molecular formula is C45H44ClN5O2. The molecule has 0 bridgehead atoms. The summed E-state index contributed by atoms with van der Waals surface area (Å²) in [5.41, 5.74) is 8.15. The van der Waals surface area contributed by atoms with Gasteiger partial charge in [-0.2, -0.15) is 0 Å². The zero-order chi connectivity index (χ0) is 37.1. The average Bonchev–Trinajstić information content (AvgIpc) is 3.63. The fourth-order valence-corrected chi connectivity index (χ4v) is 7.54. The molecule has 0 aliphatic rings. The summed E-state index contributed by atoms with van der Waals surface area (Å²) in [6, 6.07) is 31.8. The number of hydrogen-bond donors (Lipinski definition) is 2. The zero-order valence-corrected chi connectivity index (χ0v) is 31.5. The maximum absolute atomic E-state index is 13.6. The second-order valence-electron chi connectivity index (χ2n) is 13.4. The highest BCUT2D eigenvalue weighted by Crippen LogP contribution is 2.36. The molecule has 8 heteroatoms. The Labute approximate surface area is 314 Å². The average molecular weight is 722 g/mol. The molecule has 0 saturated carbocycles. The normalized spacial score (nSPS) is 11.9. The molecule has 6 aromatic carbocycles. The molecule has 1 amide bonds. The SMILES string of the molecule is CC.Cc1ccc2c(c1)c(CC(=O)NCCCCCCN=c1ccc3c4[nH]c5ccccc5nc4c4cccc1c43)c(C)n2C(=O)c1ccc(Cl)cc1. The van der Waals surface area contributed by atoms with Gasteiger partial charge in [-0.1, -0.05) is 86.3 Å². The molecule has 0 fully saturated rings. The summed E-state index contributed by atoms with van der Waals surface area (Å²) in [7, 11) is 0. The van der Waals surface area contributed by atoms with Gasteiger partial charge in [0.25, 0.3) is 5.91 Å². The minimum atomic E-state index is -0.139. The Hall–Kier alpha value is -5.53. The number of amides is 1. The molecule has 8 aromatic rings. The molecule has 0 aliphatic carbocycles. The third kappa shape index (κ3) is 7.01. The van der Waals surface area contributed by atoms with Gasteiger partial charge in [-0.05, 0) is 86.8 Å². The van der Waals surface area contributed by atoms with Gasteiger partial charge >= 0.3 is 0 Å². The number of unbranched alkanes of at least 4 members (excludes halogenated alkanes) is 3. The van der Waals surface area contributed by atoms with Gasteiger partial charge in [0.05, 0.1) is 39.4 Å². The summed E-state index contributed by atoms with van der Waals surface area (Å²) < 4.78 is 1.71. The lowest BCUT2D eigenvalue weighted by Crippen LogP contribution is -2.26. The van der Waals surface area contributed by atoms with Gasteiger partial charge in [0.1, 0.15) is 0 Å². The molecule has 7 nitrogen and oxygen atoms in total. The number of aromatic amines is 1. The monoisotopic (exact) mass is 721 g/mol. The Bertz CT molecular complexity index is 2620. The van der Waals surface area contributed by atoms with E-state index in [1.165, 1.54) is 10.8 Å².